The number of urea groups is 1. The normalized spacial score (nSPS) is 21.0. The van der Waals surface area contributed by atoms with Crippen LogP contribution in [0, 0.1) is 11.7 Å². The van der Waals surface area contributed by atoms with E-state index in [9.17, 15) is 14.0 Å². The summed E-state index contributed by atoms with van der Waals surface area (Å²) < 4.78 is 18.9. The van der Waals surface area contributed by atoms with Gasteiger partial charge in [-0.3, -0.25) is 14.6 Å². The Balaban J connectivity index is 1.15. The van der Waals surface area contributed by atoms with Crippen LogP contribution in [0.5, 0.6) is 11.8 Å². The van der Waals surface area contributed by atoms with Gasteiger partial charge < -0.3 is 10.1 Å². The molecule has 5 rings (SSSR count). The Kier molecular flexibility index (Phi) is 6.65. The molecule has 0 saturated carbocycles. The number of imide groups is 1. The molecular weight excluding hydrogens is 461 g/mol. The minimum atomic E-state index is -0.929. The quantitative estimate of drug-likeness (QED) is 0.502. The molecule has 0 spiro atoms. The Labute approximate surface area is 209 Å². The van der Waals surface area contributed by atoms with Gasteiger partial charge in [0, 0.05) is 18.9 Å². The lowest BCUT2D eigenvalue weighted by molar-refractivity contribution is -0.133. The molecule has 3 amide bonds. The van der Waals surface area contributed by atoms with Gasteiger partial charge in [0.2, 0.25) is 0 Å². The molecular formula is C27H28FN5O3. The summed E-state index contributed by atoms with van der Waals surface area (Å²) in [7, 11) is 0. The third kappa shape index (κ3) is 5.06. The molecule has 2 aromatic carbocycles. The van der Waals surface area contributed by atoms with E-state index in [1.165, 1.54) is 17.0 Å². The number of nitrogens with one attached hydrogen (secondary N) is 1. The van der Waals surface area contributed by atoms with Crippen molar-refractivity contribution in [1.29, 1.82) is 0 Å². The highest BCUT2D eigenvalue weighted by Gasteiger charge is 2.52. The summed E-state index contributed by atoms with van der Waals surface area (Å²) in [5, 5.41) is 2.94. The monoisotopic (exact) mass is 489 g/mol. The fourth-order valence-electron chi connectivity index (χ4n) is 4.94. The van der Waals surface area contributed by atoms with Crippen molar-refractivity contribution in [2.24, 2.45) is 5.92 Å². The summed E-state index contributed by atoms with van der Waals surface area (Å²) in [6, 6.07) is 15.4. The van der Waals surface area contributed by atoms with Gasteiger partial charge in [0.05, 0.1) is 6.54 Å². The summed E-state index contributed by atoms with van der Waals surface area (Å²) in [4.78, 5) is 37.7. The third-order valence-electron chi connectivity index (χ3n) is 7.04. The van der Waals surface area contributed by atoms with Crippen LogP contribution in [0.25, 0.3) is 0 Å². The second kappa shape index (κ2) is 10.0. The van der Waals surface area contributed by atoms with Crippen molar-refractivity contribution in [2.45, 2.75) is 38.4 Å². The average Bonchev–Trinajstić information content (AvgIpc) is 3.11. The van der Waals surface area contributed by atoms with E-state index in [0.717, 1.165) is 38.0 Å². The molecule has 0 aliphatic carbocycles. The number of likely N-dealkylation sites (tertiary alicyclic amines) is 1. The highest BCUT2D eigenvalue weighted by molar-refractivity contribution is 6.06. The molecule has 186 valence electrons. The molecule has 0 bridgehead atoms. The maximum absolute atomic E-state index is 13.3. The molecule has 3 aromatic rings. The van der Waals surface area contributed by atoms with Gasteiger partial charge in [0.15, 0.2) is 0 Å². The predicted octanol–water partition coefficient (Wildman–Crippen LogP) is 4.13. The zero-order valence-electron chi connectivity index (χ0n) is 20.1. The summed E-state index contributed by atoms with van der Waals surface area (Å²) in [5.74, 6) is 0.161. The van der Waals surface area contributed by atoms with Crippen molar-refractivity contribution in [1.82, 2.24) is 25.1 Å². The number of carbonyl (C=O) groups is 2. The van der Waals surface area contributed by atoms with Crippen LogP contribution in [-0.2, 0) is 17.9 Å². The molecule has 36 heavy (non-hydrogen) atoms. The maximum Gasteiger partial charge on any atom is 0.325 e. The van der Waals surface area contributed by atoms with Gasteiger partial charge >= 0.3 is 12.0 Å². The first-order chi connectivity index (χ1) is 17.4. The fraction of sp³-hybridized carbons (Fsp3) is 0.333. The second-order valence-electron chi connectivity index (χ2n) is 9.48. The van der Waals surface area contributed by atoms with Gasteiger partial charge in [-0.1, -0.05) is 24.3 Å². The average molecular weight is 490 g/mol. The van der Waals surface area contributed by atoms with Crippen LogP contribution in [0.4, 0.5) is 9.18 Å². The Bertz CT molecular complexity index is 1210. The number of rotatable bonds is 7. The van der Waals surface area contributed by atoms with Crippen LogP contribution in [0.1, 0.15) is 30.9 Å². The van der Waals surface area contributed by atoms with Crippen molar-refractivity contribution in [3.8, 4) is 11.8 Å². The third-order valence-corrected chi connectivity index (χ3v) is 7.04. The standard InChI is InChI=1S/C27H28FN5O3/c1-27(24(34)33(26(35)31-27)18-20-3-7-22(28)8-4-20)21-11-15-32(16-12-21)17-19-5-9-23(10-6-19)36-25-29-13-2-14-30-25/h2-10,13-14,21H,11-12,15-18H2,1H3,(H,31,35)/t27-/m1/s1. The maximum atomic E-state index is 13.3. The second-order valence-corrected chi connectivity index (χ2v) is 9.48. The zero-order valence-corrected chi connectivity index (χ0v) is 20.1. The number of hydrogen-bond acceptors (Lipinski definition) is 6. The smallest absolute Gasteiger partial charge is 0.325 e. The Morgan fingerprint density at radius 2 is 1.58 bits per heavy atom. The van der Waals surface area contributed by atoms with Gasteiger partial charge in [-0.25, -0.2) is 19.2 Å². The van der Waals surface area contributed by atoms with Crippen LogP contribution in [-0.4, -0.2) is 50.3 Å². The zero-order chi connectivity index (χ0) is 25.1. The molecule has 1 N–H and O–H groups in total. The van der Waals surface area contributed by atoms with Crippen molar-refractivity contribution in [2.75, 3.05) is 13.1 Å². The van der Waals surface area contributed by atoms with E-state index in [4.69, 9.17) is 4.74 Å². The molecule has 1 aromatic heterocycles. The van der Waals surface area contributed by atoms with Crippen molar-refractivity contribution in [3.05, 3.63) is 83.9 Å². The van der Waals surface area contributed by atoms with Crippen LogP contribution >= 0.6 is 0 Å². The van der Waals surface area contributed by atoms with Crippen LogP contribution in [0.3, 0.4) is 0 Å². The Morgan fingerprint density at radius 3 is 2.25 bits per heavy atom. The van der Waals surface area contributed by atoms with Gasteiger partial charge in [0.25, 0.3) is 5.91 Å². The molecule has 2 fully saturated rings. The molecule has 0 unspecified atom stereocenters. The summed E-state index contributed by atoms with van der Waals surface area (Å²) in [5.41, 5.74) is 0.949. The molecule has 8 nitrogen and oxygen atoms in total. The Morgan fingerprint density at radius 1 is 0.972 bits per heavy atom. The first kappa shape index (κ1) is 23.9. The number of amides is 3. The first-order valence-corrected chi connectivity index (χ1v) is 12.1. The summed E-state index contributed by atoms with van der Waals surface area (Å²) in [6.45, 7) is 4.42. The van der Waals surface area contributed by atoms with Gasteiger partial charge in [-0.2, -0.15) is 0 Å². The number of carbonyl (C=O) groups excluding carboxylic acids is 2. The highest BCUT2D eigenvalue weighted by Crippen LogP contribution is 2.34. The number of halogens is 1. The summed E-state index contributed by atoms with van der Waals surface area (Å²) >= 11 is 0. The fourth-order valence-corrected chi connectivity index (χ4v) is 4.94. The number of aromatic nitrogens is 2. The minimum absolute atomic E-state index is 0.0464. The lowest BCUT2D eigenvalue weighted by Crippen LogP contribution is -2.53. The summed E-state index contributed by atoms with van der Waals surface area (Å²) in [6.07, 6.45) is 4.88. The molecule has 1 atom stereocenters. The van der Waals surface area contributed by atoms with Crippen molar-refractivity contribution < 1.29 is 18.7 Å². The van der Waals surface area contributed by atoms with Crippen molar-refractivity contribution in [3.63, 3.8) is 0 Å². The van der Waals surface area contributed by atoms with Crippen LogP contribution in [0.15, 0.2) is 67.0 Å². The lowest BCUT2D eigenvalue weighted by atomic mass is 9.79. The van der Waals surface area contributed by atoms with E-state index < -0.39 is 11.6 Å². The minimum Gasteiger partial charge on any atom is -0.424 e. The largest absolute Gasteiger partial charge is 0.424 e. The van der Waals surface area contributed by atoms with E-state index in [1.807, 2.05) is 31.2 Å². The van der Waals surface area contributed by atoms with E-state index in [1.54, 1.807) is 30.6 Å². The molecule has 2 saturated heterocycles. The van der Waals surface area contributed by atoms with Gasteiger partial charge in [-0.15, -0.1) is 0 Å². The predicted molar refractivity (Wildman–Crippen MR) is 130 cm³/mol. The van der Waals surface area contributed by atoms with Gasteiger partial charge in [0.1, 0.15) is 17.1 Å². The molecule has 2 aliphatic heterocycles. The molecule has 0 radical (unpaired) electrons. The number of ether oxygens (including phenoxy) is 1. The van der Waals surface area contributed by atoms with E-state index >= 15 is 0 Å². The van der Waals surface area contributed by atoms with E-state index in [-0.39, 0.29) is 24.2 Å². The SMILES string of the molecule is C[C@]1(C2CCN(Cc3ccc(Oc4ncccn4)cc3)CC2)NC(=O)N(Cc2ccc(F)cc2)C1=O. The van der Waals surface area contributed by atoms with Crippen LogP contribution < -0.4 is 10.1 Å². The molecule has 2 aliphatic rings. The van der Waals surface area contributed by atoms with Crippen molar-refractivity contribution >= 4 is 11.9 Å². The number of piperidine rings is 1. The topological polar surface area (TPSA) is 87.7 Å². The Hall–Kier alpha value is -3.85. The first-order valence-electron chi connectivity index (χ1n) is 12.1. The number of nitrogens with zero attached hydrogens (tertiary/aromatic N) is 4. The highest BCUT2D eigenvalue weighted by atomic mass is 19.1. The van der Waals surface area contributed by atoms with Gasteiger partial charge in [-0.05, 0) is 80.2 Å². The van der Waals surface area contributed by atoms with E-state index in [0.29, 0.717) is 17.3 Å². The van der Waals surface area contributed by atoms with E-state index in [2.05, 4.69) is 20.2 Å². The molecule has 3 heterocycles. The lowest BCUT2D eigenvalue weighted by Gasteiger charge is -2.39. The number of benzene rings is 2. The van der Waals surface area contributed by atoms with Crippen LogP contribution in [0.2, 0.25) is 0 Å². The molecule has 9 heteroatoms. The number of hydrogen-bond donors (Lipinski definition) is 1.